The van der Waals surface area contributed by atoms with Gasteiger partial charge < -0.3 is 10.6 Å². The van der Waals surface area contributed by atoms with E-state index >= 15 is 0 Å². The molecular formula is C13H23Cl2N3OS. The maximum Gasteiger partial charge on any atom is 0.240 e. The largest absolute Gasteiger partial charge is 0.348 e. The third-order valence-corrected chi connectivity index (χ3v) is 4.61. The fourth-order valence-corrected chi connectivity index (χ4v) is 3.00. The van der Waals surface area contributed by atoms with Gasteiger partial charge in [0.1, 0.15) is 5.01 Å². The van der Waals surface area contributed by atoms with Gasteiger partial charge in [-0.25, -0.2) is 4.98 Å². The second kappa shape index (κ2) is 8.82. The van der Waals surface area contributed by atoms with E-state index < -0.39 is 5.54 Å². The molecule has 7 heteroatoms. The molecule has 2 heterocycles. The summed E-state index contributed by atoms with van der Waals surface area (Å²) in [5, 5.41) is 7.30. The zero-order valence-electron chi connectivity index (χ0n) is 11.9. The summed E-state index contributed by atoms with van der Waals surface area (Å²) in [6.45, 7) is 5.58. The van der Waals surface area contributed by atoms with Crippen LogP contribution in [0.2, 0.25) is 0 Å². The van der Waals surface area contributed by atoms with Crippen LogP contribution in [-0.4, -0.2) is 23.0 Å². The van der Waals surface area contributed by atoms with Gasteiger partial charge in [0, 0.05) is 11.1 Å². The van der Waals surface area contributed by atoms with Crippen molar-refractivity contribution >= 4 is 42.1 Å². The Balaban J connectivity index is 0.00000180. The highest BCUT2D eigenvalue weighted by Gasteiger charge is 2.33. The molecule has 0 aromatic carbocycles. The van der Waals surface area contributed by atoms with Crippen molar-refractivity contribution in [2.45, 2.75) is 51.6 Å². The average molecular weight is 340 g/mol. The molecule has 4 nitrogen and oxygen atoms in total. The zero-order chi connectivity index (χ0) is 13.0. The second-order valence-electron chi connectivity index (χ2n) is 4.97. The van der Waals surface area contributed by atoms with Crippen LogP contribution in [0, 0.1) is 0 Å². The number of hydrogen-bond donors (Lipinski definition) is 2. The zero-order valence-corrected chi connectivity index (χ0v) is 14.3. The molecule has 1 aromatic rings. The number of amides is 1. The molecule has 1 aromatic heterocycles. The highest BCUT2D eigenvalue weighted by atomic mass is 35.5. The molecule has 2 rings (SSSR count). The lowest BCUT2D eigenvalue weighted by Gasteiger charge is -2.33. The van der Waals surface area contributed by atoms with Crippen molar-refractivity contribution in [3.8, 4) is 0 Å². The van der Waals surface area contributed by atoms with Gasteiger partial charge in [0.15, 0.2) is 0 Å². The lowest BCUT2D eigenvalue weighted by atomic mass is 9.90. The number of carbonyl (C=O) groups excluding carboxylic acids is 1. The van der Waals surface area contributed by atoms with Crippen LogP contribution >= 0.6 is 36.2 Å². The van der Waals surface area contributed by atoms with Crippen molar-refractivity contribution in [3.05, 3.63) is 16.1 Å². The quantitative estimate of drug-likeness (QED) is 0.886. The van der Waals surface area contributed by atoms with Crippen LogP contribution in [0.5, 0.6) is 0 Å². The van der Waals surface area contributed by atoms with Crippen LogP contribution < -0.4 is 10.6 Å². The number of hydrogen-bond acceptors (Lipinski definition) is 4. The number of thiazole rings is 1. The van der Waals surface area contributed by atoms with E-state index in [1.807, 2.05) is 13.1 Å². The van der Waals surface area contributed by atoms with Gasteiger partial charge in [-0.15, -0.1) is 36.2 Å². The van der Waals surface area contributed by atoms with Crippen LogP contribution in [0.25, 0.3) is 0 Å². The number of aromatic nitrogens is 1. The van der Waals surface area contributed by atoms with E-state index in [4.69, 9.17) is 0 Å². The fraction of sp³-hybridized carbons (Fsp3) is 0.692. The second-order valence-corrected chi connectivity index (χ2v) is 6.17. The van der Waals surface area contributed by atoms with Crippen molar-refractivity contribution in [1.82, 2.24) is 15.6 Å². The number of halogens is 2. The summed E-state index contributed by atoms with van der Waals surface area (Å²) in [7, 11) is 0. The molecule has 1 fully saturated rings. The number of nitrogens with one attached hydrogen (secondary N) is 2. The van der Waals surface area contributed by atoms with E-state index in [9.17, 15) is 4.79 Å². The molecule has 0 radical (unpaired) electrons. The normalized spacial score (nSPS) is 21.5. The van der Waals surface area contributed by atoms with E-state index in [1.54, 1.807) is 11.3 Å². The van der Waals surface area contributed by atoms with Gasteiger partial charge in [-0.1, -0.05) is 6.92 Å². The van der Waals surface area contributed by atoms with E-state index in [0.717, 1.165) is 37.2 Å². The van der Waals surface area contributed by atoms with Gasteiger partial charge in [-0.3, -0.25) is 4.79 Å². The van der Waals surface area contributed by atoms with Crippen molar-refractivity contribution in [1.29, 1.82) is 0 Å². The van der Waals surface area contributed by atoms with Crippen molar-refractivity contribution in [3.63, 3.8) is 0 Å². The minimum Gasteiger partial charge on any atom is -0.348 e. The molecule has 1 amide bonds. The van der Waals surface area contributed by atoms with Gasteiger partial charge in [0.25, 0.3) is 0 Å². The highest BCUT2D eigenvalue weighted by molar-refractivity contribution is 7.11. The van der Waals surface area contributed by atoms with Crippen LogP contribution in [0.15, 0.2) is 6.20 Å². The molecule has 1 aliphatic heterocycles. The predicted octanol–water partition coefficient (Wildman–Crippen LogP) is 2.70. The van der Waals surface area contributed by atoms with Crippen LogP contribution in [0.3, 0.4) is 0 Å². The Morgan fingerprint density at radius 1 is 1.50 bits per heavy atom. The van der Waals surface area contributed by atoms with Gasteiger partial charge in [0.05, 0.1) is 12.1 Å². The Kier molecular flexibility index (Phi) is 8.66. The van der Waals surface area contributed by atoms with Crippen LogP contribution in [0.1, 0.15) is 43.0 Å². The van der Waals surface area contributed by atoms with Gasteiger partial charge >= 0.3 is 0 Å². The number of aryl methyl sites for hydroxylation is 1. The van der Waals surface area contributed by atoms with Crippen molar-refractivity contribution < 1.29 is 4.79 Å². The molecule has 1 atom stereocenters. The number of piperidine rings is 1. The first-order valence-electron chi connectivity index (χ1n) is 6.61. The Bertz CT molecular complexity index is 420. The van der Waals surface area contributed by atoms with Gasteiger partial charge in [-0.05, 0) is 39.2 Å². The Labute approximate surface area is 137 Å². The summed E-state index contributed by atoms with van der Waals surface area (Å²) >= 11 is 1.67. The molecule has 2 N–H and O–H groups in total. The smallest absolute Gasteiger partial charge is 0.240 e. The summed E-state index contributed by atoms with van der Waals surface area (Å²) in [6.07, 6.45) is 6.10. The first-order chi connectivity index (χ1) is 8.64. The molecule has 1 unspecified atom stereocenters. The molecule has 0 spiro atoms. The van der Waals surface area contributed by atoms with Crippen molar-refractivity contribution in [2.24, 2.45) is 0 Å². The SMILES string of the molecule is CCc1cnc(CNC(=O)C2(C)CCCCN2)s1.Cl.Cl. The van der Waals surface area contributed by atoms with Crippen LogP contribution in [0.4, 0.5) is 0 Å². The molecule has 20 heavy (non-hydrogen) atoms. The molecule has 116 valence electrons. The average Bonchev–Trinajstić information content (AvgIpc) is 2.84. The van der Waals surface area contributed by atoms with Gasteiger partial charge in [0.2, 0.25) is 5.91 Å². The molecule has 0 saturated carbocycles. The highest BCUT2D eigenvalue weighted by Crippen LogP contribution is 2.19. The summed E-state index contributed by atoms with van der Waals surface area (Å²) < 4.78 is 0. The topological polar surface area (TPSA) is 54.0 Å². The number of carbonyl (C=O) groups is 1. The fourth-order valence-electron chi connectivity index (χ4n) is 2.19. The molecule has 0 aliphatic carbocycles. The Morgan fingerprint density at radius 2 is 2.25 bits per heavy atom. The Morgan fingerprint density at radius 3 is 2.80 bits per heavy atom. The molecule has 1 saturated heterocycles. The van der Waals surface area contributed by atoms with E-state index in [-0.39, 0.29) is 30.7 Å². The minimum atomic E-state index is -0.400. The third-order valence-electron chi connectivity index (χ3n) is 3.47. The summed E-state index contributed by atoms with van der Waals surface area (Å²) in [4.78, 5) is 17.7. The van der Waals surface area contributed by atoms with Gasteiger partial charge in [-0.2, -0.15) is 0 Å². The standard InChI is InChI=1S/C13H21N3OS.2ClH/c1-3-10-8-14-11(18-10)9-15-12(17)13(2)6-4-5-7-16-13;;/h8,16H,3-7,9H2,1-2H3,(H,15,17);2*1H. The maximum absolute atomic E-state index is 12.2. The molecular weight excluding hydrogens is 317 g/mol. The van der Waals surface area contributed by atoms with Crippen molar-refractivity contribution in [2.75, 3.05) is 6.54 Å². The summed E-state index contributed by atoms with van der Waals surface area (Å²) in [5.41, 5.74) is -0.400. The summed E-state index contributed by atoms with van der Waals surface area (Å²) in [5.74, 6) is 0.0930. The first kappa shape index (κ1) is 19.6. The maximum atomic E-state index is 12.2. The Hall–Kier alpha value is -0.360. The molecule has 0 bridgehead atoms. The lowest BCUT2D eigenvalue weighted by molar-refractivity contribution is -0.128. The number of rotatable bonds is 4. The number of nitrogens with zero attached hydrogens (tertiary/aromatic N) is 1. The minimum absolute atomic E-state index is 0. The van der Waals surface area contributed by atoms with E-state index in [1.165, 1.54) is 4.88 Å². The monoisotopic (exact) mass is 339 g/mol. The third kappa shape index (κ3) is 4.88. The lowest BCUT2D eigenvalue weighted by Crippen LogP contribution is -2.56. The van der Waals surface area contributed by atoms with E-state index in [2.05, 4.69) is 22.5 Å². The summed E-state index contributed by atoms with van der Waals surface area (Å²) in [6, 6.07) is 0. The first-order valence-corrected chi connectivity index (χ1v) is 7.42. The predicted molar refractivity (Wildman–Crippen MR) is 88.1 cm³/mol. The van der Waals surface area contributed by atoms with E-state index in [0.29, 0.717) is 6.54 Å². The molecule has 1 aliphatic rings. The van der Waals surface area contributed by atoms with Crippen LogP contribution in [-0.2, 0) is 17.8 Å².